The number of aryl methyl sites for hydroxylation is 4. The van der Waals surface area contributed by atoms with E-state index >= 15 is 0 Å². The lowest BCUT2D eigenvalue weighted by Crippen LogP contribution is -2.33. The van der Waals surface area contributed by atoms with Crippen molar-refractivity contribution in [2.45, 2.75) is 86.0 Å². The van der Waals surface area contributed by atoms with Crippen molar-refractivity contribution in [3.05, 3.63) is 88.5 Å². The number of hydrogen-bond donors (Lipinski definition) is 0. The Bertz CT molecular complexity index is 1620. The minimum atomic E-state index is -0.463. The molecule has 0 radical (unpaired) electrons. The highest BCUT2D eigenvalue weighted by Crippen LogP contribution is 2.18. The zero-order chi connectivity index (χ0) is 38.7. The highest BCUT2D eigenvalue weighted by molar-refractivity contribution is 5.21. The minimum absolute atomic E-state index is 0.0886. The maximum Gasteiger partial charge on any atom is 0.342 e. The van der Waals surface area contributed by atoms with Crippen LogP contribution in [0.1, 0.15) is 55.4 Å². The van der Waals surface area contributed by atoms with Crippen molar-refractivity contribution in [1.29, 1.82) is 0 Å². The van der Waals surface area contributed by atoms with Gasteiger partial charge in [-0.3, -0.25) is 9.80 Å². The summed E-state index contributed by atoms with van der Waals surface area (Å²) in [6.45, 7) is 11.5. The Hall–Kier alpha value is -5.64. The van der Waals surface area contributed by atoms with Crippen LogP contribution < -0.4 is 0 Å². The predicted octanol–water partition coefficient (Wildman–Crippen LogP) is 3.99. The molecule has 0 saturated carbocycles. The average Bonchev–Trinajstić information content (AvgIpc) is 3.87. The maximum absolute atomic E-state index is 11.5. The number of imidazole rings is 4. The van der Waals surface area contributed by atoms with Crippen molar-refractivity contribution in [1.82, 2.24) is 48.0 Å². The number of nitrogens with zero attached hydrogens (tertiary/aromatic N) is 14. The largest absolute Gasteiger partial charge is 0.358 e. The fourth-order valence-electron chi connectivity index (χ4n) is 6.35. The van der Waals surface area contributed by atoms with Crippen molar-refractivity contribution < 1.29 is 19.7 Å². The fraction of sp³-hybridized carbons (Fsp3) is 0.613. The molecule has 53 heavy (non-hydrogen) atoms. The molecule has 4 heterocycles. The van der Waals surface area contributed by atoms with Crippen LogP contribution in [0.15, 0.2) is 24.8 Å². The van der Waals surface area contributed by atoms with Crippen LogP contribution in [0.3, 0.4) is 0 Å². The van der Waals surface area contributed by atoms with Gasteiger partial charge in [0.1, 0.15) is 51.0 Å². The molecule has 0 aliphatic carbocycles. The van der Waals surface area contributed by atoms with Gasteiger partial charge in [-0.15, -0.1) is 0 Å². The molecule has 4 rings (SSSR count). The fourth-order valence-corrected chi connectivity index (χ4v) is 6.35. The van der Waals surface area contributed by atoms with Gasteiger partial charge in [0.05, 0.1) is 0 Å². The molecule has 0 amide bonds. The Morgan fingerprint density at radius 3 is 0.887 bits per heavy atom. The molecule has 0 fully saturated rings. The van der Waals surface area contributed by atoms with Crippen molar-refractivity contribution in [2.24, 2.45) is 0 Å². The number of aromatic nitrogens is 8. The minimum Gasteiger partial charge on any atom is -0.358 e. The summed E-state index contributed by atoms with van der Waals surface area (Å²) in [7, 11) is 0. The number of nitro groups is 4. The molecule has 0 N–H and O–H groups in total. The predicted molar refractivity (Wildman–Crippen MR) is 190 cm³/mol. The lowest BCUT2D eigenvalue weighted by atomic mass is 10.1. The second-order valence-electron chi connectivity index (χ2n) is 12.7. The summed E-state index contributed by atoms with van der Waals surface area (Å²) in [5.74, 6) is 1.77. The van der Waals surface area contributed by atoms with Crippen molar-refractivity contribution in [3.63, 3.8) is 0 Å². The molecule has 0 spiro atoms. The molecule has 0 atom stereocenters. The Labute approximate surface area is 304 Å². The molecule has 0 aromatic carbocycles. The van der Waals surface area contributed by atoms with Crippen molar-refractivity contribution in [2.75, 3.05) is 39.3 Å². The van der Waals surface area contributed by atoms with E-state index in [9.17, 15) is 40.5 Å². The van der Waals surface area contributed by atoms with Gasteiger partial charge >= 0.3 is 23.3 Å². The summed E-state index contributed by atoms with van der Waals surface area (Å²) in [5, 5.41) is 46.1. The molecule has 4 aromatic heterocycles. The molecule has 22 nitrogen and oxygen atoms in total. The van der Waals surface area contributed by atoms with Crippen LogP contribution in [0.25, 0.3) is 0 Å². The van der Waals surface area contributed by atoms with Gasteiger partial charge in [0.15, 0.2) is 23.3 Å². The van der Waals surface area contributed by atoms with Crippen LogP contribution in [-0.2, 0) is 26.2 Å². The summed E-state index contributed by atoms with van der Waals surface area (Å²) in [5.41, 5.74) is 0. The summed E-state index contributed by atoms with van der Waals surface area (Å²) in [4.78, 5) is 64.9. The normalized spacial score (nSPS) is 11.6. The van der Waals surface area contributed by atoms with E-state index in [-0.39, 0.29) is 23.3 Å². The third kappa shape index (κ3) is 10.7. The van der Waals surface area contributed by atoms with Gasteiger partial charge in [-0.1, -0.05) is 19.3 Å². The van der Waals surface area contributed by atoms with Crippen molar-refractivity contribution in [3.8, 4) is 0 Å². The molecular formula is C31H46N14O8. The SMILES string of the molecule is Cc1ncc([N+](=O)[O-])n1CCN(CCCCCCCN(CCn1c([N+](=O)[O-])cnc1C)CCn1c([N+](=O)[O-])cnc1C)CCn1c([N+](=O)[O-])cnc1C. The van der Waals surface area contributed by atoms with Gasteiger partial charge in [-0.25, -0.2) is 38.2 Å². The Morgan fingerprint density at radius 2 is 0.660 bits per heavy atom. The highest BCUT2D eigenvalue weighted by atomic mass is 16.6. The molecule has 0 saturated heterocycles. The standard InChI is InChI=1S/C31H46N14O8/c1-24-32-20-28(42(46)47)38(24)16-12-36(13-17-39-25(2)33-21-29(39)43(48)49)10-8-6-5-7-9-11-37(14-18-40-26(3)34-22-30(40)44(50)51)15-19-41-27(4)35-23-31(41)45(52)53/h20-23H,5-19H2,1-4H3. The number of rotatable bonds is 24. The third-order valence-corrected chi connectivity index (χ3v) is 9.39. The van der Waals surface area contributed by atoms with Gasteiger partial charge < -0.3 is 40.5 Å². The zero-order valence-corrected chi connectivity index (χ0v) is 30.4. The first-order valence-corrected chi connectivity index (χ1v) is 17.4. The first-order valence-electron chi connectivity index (χ1n) is 17.4. The van der Waals surface area contributed by atoms with Gasteiger partial charge in [-0.2, -0.15) is 0 Å². The lowest BCUT2D eigenvalue weighted by Gasteiger charge is -2.22. The van der Waals surface area contributed by atoms with E-state index in [1.54, 1.807) is 46.0 Å². The van der Waals surface area contributed by atoms with Gasteiger partial charge in [0.2, 0.25) is 0 Å². The monoisotopic (exact) mass is 742 g/mol. The van der Waals surface area contributed by atoms with E-state index in [1.807, 2.05) is 0 Å². The number of hydrogen-bond acceptors (Lipinski definition) is 14. The van der Waals surface area contributed by atoms with Crippen LogP contribution in [-0.4, -0.2) is 107 Å². The van der Waals surface area contributed by atoms with Crippen molar-refractivity contribution >= 4 is 23.3 Å². The maximum atomic E-state index is 11.5. The second kappa shape index (κ2) is 18.7. The van der Waals surface area contributed by atoms with Gasteiger partial charge in [0, 0.05) is 53.9 Å². The quantitative estimate of drug-likeness (QED) is 0.0559. The van der Waals surface area contributed by atoms with E-state index < -0.39 is 19.7 Å². The Morgan fingerprint density at radius 1 is 0.434 bits per heavy atom. The Kier molecular flexibility index (Phi) is 14.2. The second-order valence-corrected chi connectivity index (χ2v) is 12.7. The van der Waals surface area contributed by atoms with Crippen LogP contribution in [0.5, 0.6) is 0 Å². The van der Waals surface area contributed by atoms with E-state index in [0.29, 0.717) is 88.7 Å². The summed E-state index contributed by atoms with van der Waals surface area (Å²) in [6.07, 6.45) is 9.39. The van der Waals surface area contributed by atoms with E-state index in [2.05, 4.69) is 29.7 Å². The average molecular weight is 743 g/mol. The molecule has 0 bridgehead atoms. The molecule has 4 aromatic rings. The zero-order valence-electron chi connectivity index (χ0n) is 30.4. The lowest BCUT2D eigenvalue weighted by molar-refractivity contribution is -0.392. The molecule has 288 valence electrons. The smallest absolute Gasteiger partial charge is 0.342 e. The van der Waals surface area contributed by atoms with E-state index in [1.165, 1.54) is 24.8 Å². The highest BCUT2D eigenvalue weighted by Gasteiger charge is 2.23. The van der Waals surface area contributed by atoms with E-state index in [0.717, 1.165) is 32.1 Å². The van der Waals surface area contributed by atoms with Crippen LogP contribution in [0.4, 0.5) is 23.3 Å². The first kappa shape index (κ1) is 40.1. The molecular weight excluding hydrogens is 696 g/mol. The van der Waals surface area contributed by atoms with Gasteiger partial charge in [-0.05, 0) is 45.6 Å². The van der Waals surface area contributed by atoms with E-state index in [4.69, 9.17) is 0 Å². The first-order chi connectivity index (χ1) is 25.3. The number of unbranched alkanes of at least 4 members (excludes halogenated alkanes) is 4. The molecule has 0 unspecified atom stereocenters. The summed E-state index contributed by atoms with van der Waals surface area (Å²) >= 11 is 0. The topological polar surface area (TPSA) is 250 Å². The van der Waals surface area contributed by atoms with Crippen LogP contribution in [0.2, 0.25) is 0 Å². The third-order valence-electron chi connectivity index (χ3n) is 9.39. The molecule has 0 aliphatic rings. The van der Waals surface area contributed by atoms with Crippen LogP contribution >= 0.6 is 0 Å². The summed E-state index contributed by atoms with van der Waals surface area (Å²) in [6, 6.07) is 0. The Balaban J connectivity index is 1.32. The summed E-state index contributed by atoms with van der Waals surface area (Å²) < 4.78 is 6.23. The van der Waals surface area contributed by atoms with Crippen LogP contribution in [0, 0.1) is 68.2 Å². The molecule has 22 heteroatoms. The van der Waals surface area contributed by atoms with Gasteiger partial charge in [0.25, 0.3) is 0 Å². The molecule has 0 aliphatic heterocycles.